The summed E-state index contributed by atoms with van der Waals surface area (Å²) >= 11 is 1.99. The molecule has 1 saturated heterocycles. The van der Waals surface area contributed by atoms with Crippen LogP contribution in [0.15, 0.2) is 53.4 Å². The molecular weight excluding hydrogens is 462 g/mol. The Kier molecular flexibility index (Phi) is 7.59. The summed E-state index contributed by atoms with van der Waals surface area (Å²) in [5, 5.41) is 0.952. The average molecular weight is 494 g/mol. The van der Waals surface area contributed by atoms with E-state index in [2.05, 4.69) is 37.7 Å². The predicted octanol–water partition coefficient (Wildman–Crippen LogP) is 5.01. The van der Waals surface area contributed by atoms with E-state index in [1.54, 1.807) is 11.6 Å². The summed E-state index contributed by atoms with van der Waals surface area (Å²) in [6.07, 6.45) is 2.53. The number of ether oxygens (including phenoxy) is 3. The third-order valence-corrected chi connectivity index (χ3v) is 7.66. The highest BCUT2D eigenvalue weighted by Gasteiger charge is 2.22. The van der Waals surface area contributed by atoms with Crippen molar-refractivity contribution in [3.8, 4) is 11.6 Å². The number of methoxy groups -OCH3 is 1. The van der Waals surface area contributed by atoms with E-state index in [1.165, 1.54) is 29.9 Å². The highest BCUT2D eigenvalue weighted by molar-refractivity contribution is 7.99. The van der Waals surface area contributed by atoms with Crippen molar-refractivity contribution in [1.82, 2.24) is 9.88 Å². The molecule has 0 aliphatic carbocycles. The number of piperazine rings is 1. The van der Waals surface area contributed by atoms with E-state index in [9.17, 15) is 4.79 Å². The molecule has 0 bridgehead atoms. The van der Waals surface area contributed by atoms with Gasteiger partial charge < -0.3 is 19.1 Å². The SMILES string of the molecule is COC(=O)Oc1ccc2ccc(OCCCCN3CCN(c4cccc5c4CCS5)CC3)cc2n1. The van der Waals surface area contributed by atoms with E-state index in [1.807, 2.05) is 36.0 Å². The summed E-state index contributed by atoms with van der Waals surface area (Å²) in [5.74, 6) is 2.19. The fourth-order valence-electron chi connectivity index (χ4n) is 4.69. The van der Waals surface area contributed by atoms with E-state index >= 15 is 0 Å². The zero-order valence-corrected chi connectivity index (χ0v) is 20.9. The number of thioether (sulfide) groups is 1. The molecule has 0 atom stereocenters. The molecule has 2 aromatic carbocycles. The molecule has 0 unspecified atom stereocenters. The maximum atomic E-state index is 11.3. The maximum Gasteiger partial charge on any atom is 0.514 e. The number of hydrogen-bond acceptors (Lipinski definition) is 8. The second-order valence-electron chi connectivity index (χ2n) is 8.80. The second-order valence-corrected chi connectivity index (χ2v) is 9.93. The first-order valence-electron chi connectivity index (χ1n) is 12.2. The van der Waals surface area contributed by atoms with Crippen LogP contribution in [0.25, 0.3) is 10.9 Å². The quantitative estimate of drug-likeness (QED) is 0.321. The minimum absolute atomic E-state index is 0.206. The summed E-state index contributed by atoms with van der Waals surface area (Å²) in [4.78, 5) is 22.3. The van der Waals surface area contributed by atoms with Gasteiger partial charge in [0.2, 0.25) is 5.88 Å². The number of aromatic nitrogens is 1. The van der Waals surface area contributed by atoms with Gasteiger partial charge in [0.05, 0.1) is 19.2 Å². The third kappa shape index (κ3) is 5.82. The van der Waals surface area contributed by atoms with E-state index in [4.69, 9.17) is 9.47 Å². The highest BCUT2D eigenvalue weighted by Crippen LogP contribution is 2.37. The van der Waals surface area contributed by atoms with Crippen LogP contribution >= 0.6 is 11.8 Å². The molecule has 5 rings (SSSR count). The number of benzene rings is 2. The lowest BCUT2D eigenvalue weighted by molar-refractivity contribution is 0.120. The second kappa shape index (κ2) is 11.2. The van der Waals surface area contributed by atoms with Gasteiger partial charge in [-0.1, -0.05) is 6.07 Å². The Balaban J connectivity index is 1.04. The smallest absolute Gasteiger partial charge is 0.494 e. The van der Waals surface area contributed by atoms with Crippen LogP contribution in [0.4, 0.5) is 10.5 Å². The van der Waals surface area contributed by atoms with Crippen molar-refractivity contribution in [2.45, 2.75) is 24.2 Å². The molecule has 3 aromatic rings. The van der Waals surface area contributed by atoms with Crippen molar-refractivity contribution >= 4 is 34.5 Å². The minimum atomic E-state index is -0.784. The number of hydrogen-bond donors (Lipinski definition) is 0. The van der Waals surface area contributed by atoms with Crippen molar-refractivity contribution in [1.29, 1.82) is 0 Å². The van der Waals surface area contributed by atoms with Gasteiger partial charge in [-0.25, -0.2) is 9.78 Å². The predicted molar refractivity (Wildman–Crippen MR) is 139 cm³/mol. The van der Waals surface area contributed by atoms with Gasteiger partial charge in [-0.15, -0.1) is 11.8 Å². The largest absolute Gasteiger partial charge is 0.514 e. The van der Waals surface area contributed by atoms with Gasteiger partial charge in [0.1, 0.15) is 5.75 Å². The van der Waals surface area contributed by atoms with Crippen LogP contribution in [0.5, 0.6) is 11.6 Å². The lowest BCUT2D eigenvalue weighted by Gasteiger charge is -2.37. The summed E-state index contributed by atoms with van der Waals surface area (Å²) in [5.41, 5.74) is 3.72. The molecule has 7 nitrogen and oxygen atoms in total. The molecule has 0 amide bonds. The average Bonchev–Trinajstić information content (AvgIpc) is 3.38. The molecular formula is C27H31N3O4S. The van der Waals surface area contributed by atoms with Crippen LogP contribution in [0.2, 0.25) is 0 Å². The van der Waals surface area contributed by atoms with E-state index in [-0.39, 0.29) is 5.88 Å². The Hall–Kier alpha value is -2.97. The molecule has 184 valence electrons. The van der Waals surface area contributed by atoms with E-state index < -0.39 is 6.16 Å². The third-order valence-electron chi connectivity index (χ3n) is 6.56. The van der Waals surface area contributed by atoms with Gasteiger partial charge in [0, 0.05) is 60.0 Å². The number of pyridine rings is 1. The summed E-state index contributed by atoms with van der Waals surface area (Å²) in [7, 11) is 1.27. The first-order chi connectivity index (χ1) is 17.2. The normalized spacial score (nSPS) is 15.7. The maximum absolute atomic E-state index is 11.3. The number of fused-ring (bicyclic) bond motifs is 2. The first-order valence-corrected chi connectivity index (χ1v) is 13.2. The lowest BCUT2D eigenvalue weighted by atomic mass is 10.1. The highest BCUT2D eigenvalue weighted by atomic mass is 32.2. The van der Waals surface area contributed by atoms with E-state index in [0.717, 1.165) is 56.7 Å². The number of anilines is 1. The summed E-state index contributed by atoms with van der Waals surface area (Å²) in [6, 6.07) is 16.0. The topological polar surface area (TPSA) is 64.1 Å². The van der Waals surface area contributed by atoms with Crippen molar-refractivity contribution in [3.05, 3.63) is 54.1 Å². The van der Waals surface area contributed by atoms with Crippen LogP contribution in [0.3, 0.4) is 0 Å². The molecule has 0 radical (unpaired) electrons. The van der Waals surface area contributed by atoms with Crippen molar-refractivity contribution in [3.63, 3.8) is 0 Å². The Morgan fingerprint density at radius 2 is 1.91 bits per heavy atom. The number of rotatable bonds is 8. The van der Waals surface area contributed by atoms with Crippen LogP contribution < -0.4 is 14.4 Å². The van der Waals surface area contributed by atoms with Crippen LogP contribution in [-0.4, -0.2) is 68.2 Å². The van der Waals surface area contributed by atoms with Crippen molar-refractivity contribution in [2.24, 2.45) is 0 Å². The Morgan fingerprint density at radius 3 is 2.77 bits per heavy atom. The molecule has 2 aliphatic rings. The fourth-order valence-corrected chi connectivity index (χ4v) is 5.77. The van der Waals surface area contributed by atoms with Crippen molar-refractivity contribution < 1.29 is 19.0 Å². The molecule has 0 N–H and O–H groups in total. The number of carbonyl (C=O) groups is 1. The lowest BCUT2D eigenvalue weighted by Crippen LogP contribution is -2.47. The zero-order chi connectivity index (χ0) is 24.0. The van der Waals surface area contributed by atoms with Crippen LogP contribution in [0.1, 0.15) is 18.4 Å². The minimum Gasteiger partial charge on any atom is -0.494 e. The van der Waals surface area contributed by atoms with Gasteiger partial charge in [-0.3, -0.25) is 4.90 Å². The number of nitrogens with zero attached hydrogens (tertiary/aromatic N) is 3. The van der Waals surface area contributed by atoms with Crippen LogP contribution in [-0.2, 0) is 11.2 Å². The van der Waals surface area contributed by atoms with Crippen molar-refractivity contribution in [2.75, 3.05) is 57.1 Å². The first kappa shape index (κ1) is 23.8. The zero-order valence-electron chi connectivity index (χ0n) is 20.1. The standard InChI is InChI=1S/C27H31N3O4S/c1-32-27(31)34-26-10-8-20-7-9-21(19-23(20)28-26)33-17-3-2-12-29-13-15-30(16-14-29)24-5-4-6-25-22(24)11-18-35-25/h4-10,19H,2-3,11-18H2,1H3. The number of unbranched alkanes of at least 4 members (excludes halogenated alkanes) is 1. The van der Waals surface area contributed by atoms with E-state index in [0.29, 0.717) is 12.1 Å². The molecule has 0 spiro atoms. The Labute approximate surface area is 210 Å². The molecule has 3 heterocycles. The Bertz CT molecular complexity index is 1180. The summed E-state index contributed by atoms with van der Waals surface area (Å²) < 4.78 is 15.5. The van der Waals surface area contributed by atoms with Gasteiger partial charge >= 0.3 is 6.16 Å². The molecule has 1 fully saturated rings. The molecule has 0 saturated carbocycles. The number of carbonyl (C=O) groups excluding carboxylic acids is 1. The Morgan fingerprint density at radius 1 is 1.06 bits per heavy atom. The van der Waals surface area contributed by atoms with Gasteiger partial charge in [-0.2, -0.15) is 0 Å². The molecule has 8 heteroatoms. The van der Waals surface area contributed by atoms with Crippen LogP contribution in [0, 0.1) is 0 Å². The molecule has 2 aliphatic heterocycles. The molecule has 35 heavy (non-hydrogen) atoms. The fraction of sp³-hybridized carbons (Fsp3) is 0.407. The van der Waals surface area contributed by atoms with Gasteiger partial charge in [0.25, 0.3) is 0 Å². The molecule has 1 aromatic heterocycles. The summed E-state index contributed by atoms with van der Waals surface area (Å²) in [6.45, 7) is 6.20. The van der Waals surface area contributed by atoms with Gasteiger partial charge in [0.15, 0.2) is 0 Å². The monoisotopic (exact) mass is 493 g/mol. The van der Waals surface area contributed by atoms with Gasteiger partial charge in [-0.05, 0) is 61.7 Å².